The zero-order valence-electron chi connectivity index (χ0n) is 9.93. The molecule has 92 valence electrons. The highest BCUT2D eigenvalue weighted by Gasteiger charge is 2.22. The second-order valence-corrected chi connectivity index (χ2v) is 5.62. The van der Waals surface area contributed by atoms with Crippen LogP contribution in [0.15, 0.2) is 9.98 Å². The number of rotatable bonds is 5. The molecule has 0 saturated carbocycles. The van der Waals surface area contributed by atoms with Crippen LogP contribution < -0.4 is 0 Å². The Morgan fingerprint density at radius 2 is 2.06 bits per heavy atom. The molecule has 0 aliphatic carbocycles. The third-order valence-corrected chi connectivity index (χ3v) is 3.70. The average Bonchev–Trinajstić information content (AvgIpc) is 2.30. The van der Waals surface area contributed by atoms with E-state index in [1.165, 1.54) is 0 Å². The Bertz CT molecular complexity index is 270. The molecule has 0 radical (unpaired) electrons. The van der Waals surface area contributed by atoms with Crippen molar-refractivity contribution in [3.05, 3.63) is 0 Å². The predicted octanol–water partition coefficient (Wildman–Crippen LogP) is 2.25. The number of aliphatic imine (C=N–C) groups is 2. The molecule has 1 unspecified atom stereocenters. The zero-order chi connectivity index (χ0) is 11.8. The Hall–Kier alpha value is -0.360. The number of ether oxygens (including phenoxy) is 2. The molecule has 0 aromatic rings. The second kappa shape index (κ2) is 7.84. The van der Waals surface area contributed by atoms with Crippen LogP contribution in [-0.2, 0) is 9.47 Å². The van der Waals surface area contributed by atoms with Crippen molar-refractivity contribution in [1.82, 2.24) is 0 Å². The molecule has 1 rings (SSSR count). The van der Waals surface area contributed by atoms with Gasteiger partial charge in [-0.25, -0.2) is 9.98 Å². The summed E-state index contributed by atoms with van der Waals surface area (Å²) in [5.41, 5.74) is 0. The standard InChI is InChI=1S/C10H18N2O2S2/c1-4-13-9-6-11-10(14-5-2)8(12-9)7-16-15-3/h8H,4-7H2,1-3H3. The molecule has 0 fully saturated rings. The molecule has 0 aromatic heterocycles. The maximum absolute atomic E-state index is 5.48. The van der Waals surface area contributed by atoms with Crippen molar-refractivity contribution in [3.63, 3.8) is 0 Å². The van der Waals surface area contributed by atoms with Crippen molar-refractivity contribution in [2.45, 2.75) is 19.9 Å². The Morgan fingerprint density at radius 3 is 2.69 bits per heavy atom. The topological polar surface area (TPSA) is 43.2 Å². The van der Waals surface area contributed by atoms with Crippen molar-refractivity contribution in [3.8, 4) is 0 Å². The minimum atomic E-state index is 0.00713. The van der Waals surface area contributed by atoms with E-state index in [9.17, 15) is 0 Å². The van der Waals surface area contributed by atoms with Crippen LogP contribution >= 0.6 is 21.6 Å². The van der Waals surface area contributed by atoms with E-state index in [2.05, 4.69) is 16.2 Å². The van der Waals surface area contributed by atoms with E-state index >= 15 is 0 Å². The highest BCUT2D eigenvalue weighted by Crippen LogP contribution is 2.21. The Kier molecular flexibility index (Phi) is 6.71. The zero-order valence-corrected chi connectivity index (χ0v) is 11.6. The number of nitrogens with zero attached hydrogens (tertiary/aromatic N) is 2. The summed E-state index contributed by atoms with van der Waals surface area (Å²) in [7, 11) is 3.48. The molecule has 16 heavy (non-hydrogen) atoms. The molecule has 4 nitrogen and oxygen atoms in total. The quantitative estimate of drug-likeness (QED) is 0.713. The fourth-order valence-corrected chi connectivity index (χ4v) is 2.58. The SMILES string of the molecule is CCOC1=NC(CSSC)C(OCC)=NC1. The van der Waals surface area contributed by atoms with E-state index in [4.69, 9.17) is 9.47 Å². The van der Waals surface area contributed by atoms with Crippen LogP contribution in [0, 0.1) is 0 Å². The van der Waals surface area contributed by atoms with E-state index in [0.29, 0.717) is 19.8 Å². The fraction of sp³-hybridized carbons (Fsp3) is 0.800. The highest BCUT2D eigenvalue weighted by atomic mass is 33.1. The molecule has 0 saturated heterocycles. The summed E-state index contributed by atoms with van der Waals surface area (Å²) in [6.45, 7) is 5.70. The monoisotopic (exact) mass is 262 g/mol. The van der Waals surface area contributed by atoms with Crippen molar-refractivity contribution in [1.29, 1.82) is 0 Å². The molecule has 0 bridgehead atoms. The molecule has 1 atom stereocenters. The summed E-state index contributed by atoms with van der Waals surface area (Å²) in [5, 5.41) is 0. The fourth-order valence-electron chi connectivity index (χ4n) is 1.30. The van der Waals surface area contributed by atoms with Gasteiger partial charge in [-0.05, 0) is 20.1 Å². The van der Waals surface area contributed by atoms with Crippen molar-refractivity contribution in [2.24, 2.45) is 9.98 Å². The normalized spacial score (nSPS) is 20.1. The van der Waals surface area contributed by atoms with Gasteiger partial charge in [0.2, 0.25) is 11.8 Å². The maximum atomic E-state index is 5.48. The van der Waals surface area contributed by atoms with Gasteiger partial charge in [0, 0.05) is 5.75 Å². The highest BCUT2D eigenvalue weighted by molar-refractivity contribution is 8.76. The van der Waals surface area contributed by atoms with Crippen molar-refractivity contribution < 1.29 is 9.47 Å². The van der Waals surface area contributed by atoms with E-state index in [1.54, 1.807) is 21.6 Å². The van der Waals surface area contributed by atoms with Crippen LogP contribution in [0.2, 0.25) is 0 Å². The van der Waals surface area contributed by atoms with Gasteiger partial charge in [0.25, 0.3) is 0 Å². The first-order valence-corrected chi connectivity index (χ1v) is 8.06. The summed E-state index contributed by atoms with van der Waals surface area (Å²) in [5.74, 6) is 2.33. The van der Waals surface area contributed by atoms with Crippen LogP contribution in [0.4, 0.5) is 0 Å². The largest absolute Gasteiger partial charge is 0.480 e. The lowest BCUT2D eigenvalue weighted by atomic mass is 10.3. The Balaban J connectivity index is 2.59. The van der Waals surface area contributed by atoms with Crippen molar-refractivity contribution >= 4 is 33.4 Å². The van der Waals surface area contributed by atoms with Gasteiger partial charge in [-0.15, -0.1) is 0 Å². The summed E-state index contributed by atoms with van der Waals surface area (Å²) >= 11 is 0. The van der Waals surface area contributed by atoms with E-state index in [-0.39, 0.29) is 6.04 Å². The lowest BCUT2D eigenvalue weighted by Gasteiger charge is -2.20. The molecule has 0 aromatic carbocycles. The lowest BCUT2D eigenvalue weighted by molar-refractivity contribution is 0.296. The first-order valence-electron chi connectivity index (χ1n) is 5.34. The second-order valence-electron chi connectivity index (χ2n) is 3.01. The molecule has 1 aliphatic rings. The third-order valence-electron chi connectivity index (χ3n) is 1.90. The lowest BCUT2D eigenvalue weighted by Crippen LogP contribution is -2.31. The Morgan fingerprint density at radius 1 is 1.31 bits per heavy atom. The van der Waals surface area contributed by atoms with Crippen LogP contribution in [-0.4, -0.2) is 49.6 Å². The molecule has 0 N–H and O–H groups in total. The summed E-state index contributed by atoms with van der Waals surface area (Å²) in [6, 6.07) is 0.00713. The van der Waals surface area contributed by atoms with Gasteiger partial charge in [0.1, 0.15) is 12.6 Å². The van der Waals surface area contributed by atoms with Crippen molar-refractivity contribution in [2.75, 3.05) is 31.8 Å². The molecule has 6 heteroatoms. The molecular formula is C10H18N2O2S2. The van der Waals surface area contributed by atoms with Crippen LogP contribution in [0.5, 0.6) is 0 Å². The van der Waals surface area contributed by atoms with Gasteiger partial charge < -0.3 is 9.47 Å². The van der Waals surface area contributed by atoms with Gasteiger partial charge in [-0.1, -0.05) is 21.6 Å². The van der Waals surface area contributed by atoms with E-state index < -0.39 is 0 Å². The van der Waals surface area contributed by atoms with Gasteiger partial charge in [-0.2, -0.15) is 0 Å². The minimum Gasteiger partial charge on any atom is -0.480 e. The van der Waals surface area contributed by atoms with Crippen LogP contribution in [0.25, 0.3) is 0 Å². The van der Waals surface area contributed by atoms with Gasteiger partial charge >= 0.3 is 0 Å². The summed E-state index contributed by atoms with van der Waals surface area (Å²) in [6.07, 6.45) is 2.05. The molecule has 0 spiro atoms. The predicted molar refractivity (Wildman–Crippen MR) is 72.8 cm³/mol. The molecule has 1 aliphatic heterocycles. The minimum absolute atomic E-state index is 0.00713. The van der Waals surface area contributed by atoms with Crippen LogP contribution in [0.3, 0.4) is 0 Å². The maximum Gasteiger partial charge on any atom is 0.210 e. The summed E-state index contributed by atoms with van der Waals surface area (Å²) < 4.78 is 10.9. The first-order chi connectivity index (χ1) is 7.81. The van der Waals surface area contributed by atoms with Gasteiger partial charge in [0.15, 0.2) is 0 Å². The smallest absolute Gasteiger partial charge is 0.210 e. The van der Waals surface area contributed by atoms with Gasteiger partial charge in [-0.3, -0.25) is 0 Å². The molecule has 1 heterocycles. The number of hydrogen-bond donors (Lipinski definition) is 0. The molecule has 0 amide bonds. The van der Waals surface area contributed by atoms with E-state index in [0.717, 1.165) is 17.5 Å². The molecular weight excluding hydrogens is 244 g/mol. The Labute approximate surface area is 105 Å². The third kappa shape index (κ3) is 4.25. The van der Waals surface area contributed by atoms with E-state index in [1.807, 2.05) is 13.8 Å². The first kappa shape index (κ1) is 13.7. The van der Waals surface area contributed by atoms with Crippen LogP contribution in [0.1, 0.15) is 13.8 Å². The average molecular weight is 262 g/mol. The summed E-state index contributed by atoms with van der Waals surface area (Å²) in [4.78, 5) is 8.88. The van der Waals surface area contributed by atoms with Gasteiger partial charge in [0.05, 0.1) is 13.2 Å². The number of hydrogen-bond acceptors (Lipinski definition) is 6.